The van der Waals surface area contributed by atoms with Gasteiger partial charge in [0.15, 0.2) is 30.8 Å². The van der Waals surface area contributed by atoms with Crippen LogP contribution in [-0.4, -0.2) is 31.6 Å². The van der Waals surface area contributed by atoms with Crippen molar-refractivity contribution in [3.63, 3.8) is 0 Å². The smallest absolute Gasteiger partial charge is 0.171 e. The Morgan fingerprint density at radius 1 is 0.933 bits per heavy atom. The van der Waals surface area contributed by atoms with Gasteiger partial charge in [-0.3, -0.25) is 0 Å². The zero-order chi connectivity index (χ0) is 19.8. The van der Waals surface area contributed by atoms with Gasteiger partial charge in [-0.25, -0.2) is 4.58 Å². The Kier molecular flexibility index (Phi) is 5.96. The zero-order valence-electron chi connectivity index (χ0n) is 17.4. The number of nitrogens with zero attached hydrogens (tertiary/aromatic N) is 1. The van der Waals surface area contributed by atoms with Gasteiger partial charge in [-0.05, 0) is 35.6 Å². The maximum Gasteiger partial charge on any atom is 0.171 e. The molecule has 30 heavy (non-hydrogen) atoms. The van der Waals surface area contributed by atoms with Crippen LogP contribution in [0.3, 0.4) is 0 Å². The molecule has 0 saturated carbocycles. The molecule has 5 rings (SSSR count). The van der Waals surface area contributed by atoms with Crippen molar-refractivity contribution >= 4 is 6.21 Å². The van der Waals surface area contributed by atoms with E-state index in [9.17, 15) is 0 Å². The van der Waals surface area contributed by atoms with Crippen LogP contribution in [0.5, 0.6) is 11.5 Å². The maximum absolute atomic E-state index is 5.83. The van der Waals surface area contributed by atoms with E-state index in [1.54, 1.807) is 14.2 Å². The summed E-state index contributed by atoms with van der Waals surface area (Å²) >= 11 is 0. The summed E-state index contributed by atoms with van der Waals surface area (Å²) in [7, 11) is 3.48. The summed E-state index contributed by atoms with van der Waals surface area (Å²) in [6.45, 7) is 1.88. The number of aryl methyl sites for hydroxylation is 1. The van der Waals surface area contributed by atoms with Gasteiger partial charge in [-0.2, -0.15) is 0 Å². The average Bonchev–Trinajstić information content (AvgIpc) is 2.93. The van der Waals surface area contributed by atoms with Gasteiger partial charge >= 0.3 is 0 Å². The molecule has 2 aliphatic rings. The van der Waals surface area contributed by atoms with Gasteiger partial charge in [0, 0.05) is 16.7 Å². The Morgan fingerprint density at radius 3 is 2.47 bits per heavy atom. The van der Waals surface area contributed by atoms with Crippen LogP contribution in [0.25, 0.3) is 0 Å². The second-order valence-corrected chi connectivity index (χ2v) is 7.89. The van der Waals surface area contributed by atoms with E-state index in [1.807, 2.05) is 0 Å². The van der Waals surface area contributed by atoms with Crippen molar-refractivity contribution in [3.05, 3.63) is 94.0 Å². The van der Waals surface area contributed by atoms with Gasteiger partial charge in [0.2, 0.25) is 0 Å². The lowest BCUT2D eigenvalue weighted by atomic mass is 9.82. The number of hydrogen-bond acceptors (Lipinski definition) is 2. The molecule has 1 aliphatic carbocycles. The molecule has 1 heterocycles. The summed E-state index contributed by atoms with van der Waals surface area (Å²) in [5, 5.41) is 0. The standard InChI is InChI=1S/C26H26NO2.BrH/c1-28-24-14-20-16-27(15-18-8-4-3-5-9-18)17-23-21-11-7-6-10-19(21)12-13-22(25(20)23)26(24)29-2;/h3-11,14,16,23H,12-13,15,17H2,1-2H3;1H/q+1;/p-1. The third-order valence-corrected chi connectivity index (χ3v) is 6.24. The first-order valence-electron chi connectivity index (χ1n) is 10.3. The number of fused-ring (bicyclic) bond motifs is 2. The quantitative estimate of drug-likeness (QED) is 0.547. The minimum Gasteiger partial charge on any atom is -1.00 e. The van der Waals surface area contributed by atoms with Crippen LogP contribution in [0.15, 0.2) is 60.7 Å². The highest BCUT2D eigenvalue weighted by Crippen LogP contribution is 2.45. The van der Waals surface area contributed by atoms with Gasteiger partial charge in [-0.1, -0.05) is 54.6 Å². The number of hydrogen-bond donors (Lipinski definition) is 0. The van der Waals surface area contributed by atoms with Crippen LogP contribution in [0, 0.1) is 0 Å². The highest BCUT2D eigenvalue weighted by Gasteiger charge is 2.35. The van der Waals surface area contributed by atoms with E-state index in [1.165, 1.54) is 33.4 Å². The number of ether oxygens (including phenoxy) is 2. The van der Waals surface area contributed by atoms with Crippen molar-refractivity contribution in [2.24, 2.45) is 0 Å². The molecular weight excluding hydrogens is 438 g/mol. The number of benzene rings is 3. The number of halogens is 1. The molecule has 154 valence electrons. The van der Waals surface area contributed by atoms with E-state index in [0.29, 0.717) is 5.92 Å². The first kappa shape index (κ1) is 20.7. The molecule has 4 heteroatoms. The van der Waals surface area contributed by atoms with E-state index in [-0.39, 0.29) is 17.0 Å². The molecular formula is C26H26BrNO2. The lowest BCUT2D eigenvalue weighted by Gasteiger charge is -2.26. The molecule has 0 bridgehead atoms. The molecule has 0 spiro atoms. The largest absolute Gasteiger partial charge is 1.00 e. The molecule has 0 saturated heterocycles. The van der Waals surface area contributed by atoms with E-state index in [2.05, 4.69) is 71.5 Å². The summed E-state index contributed by atoms with van der Waals surface area (Å²) in [5.41, 5.74) is 8.19. The van der Waals surface area contributed by atoms with Crippen molar-refractivity contribution in [1.29, 1.82) is 0 Å². The number of methoxy groups -OCH3 is 2. The third-order valence-electron chi connectivity index (χ3n) is 6.24. The minimum absolute atomic E-state index is 0. The third kappa shape index (κ3) is 3.54. The summed E-state index contributed by atoms with van der Waals surface area (Å²) in [4.78, 5) is 0. The molecule has 3 aromatic rings. The summed E-state index contributed by atoms with van der Waals surface area (Å²) < 4.78 is 14.0. The van der Waals surface area contributed by atoms with E-state index in [0.717, 1.165) is 37.4 Å². The van der Waals surface area contributed by atoms with Crippen LogP contribution < -0.4 is 26.5 Å². The van der Waals surface area contributed by atoms with Crippen LogP contribution in [0.1, 0.15) is 39.3 Å². The highest BCUT2D eigenvalue weighted by molar-refractivity contribution is 5.83. The molecule has 3 aromatic carbocycles. The predicted molar refractivity (Wildman–Crippen MR) is 116 cm³/mol. The summed E-state index contributed by atoms with van der Waals surface area (Å²) in [6.07, 6.45) is 4.31. The van der Waals surface area contributed by atoms with Crippen LogP contribution in [0.4, 0.5) is 0 Å². The number of rotatable bonds is 4. The Morgan fingerprint density at radius 2 is 1.70 bits per heavy atom. The van der Waals surface area contributed by atoms with Gasteiger partial charge in [0.25, 0.3) is 0 Å². The van der Waals surface area contributed by atoms with Crippen molar-refractivity contribution in [2.75, 3.05) is 20.8 Å². The first-order valence-corrected chi connectivity index (χ1v) is 10.3. The normalized spacial score (nSPS) is 16.3. The molecule has 0 aromatic heterocycles. The zero-order valence-corrected chi connectivity index (χ0v) is 19.0. The molecule has 0 N–H and O–H groups in total. The van der Waals surface area contributed by atoms with Crippen molar-refractivity contribution in [3.8, 4) is 11.5 Å². The second-order valence-electron chi connectivity index (χ2n) is 7.89. The van der Waals surface area contributed by atoms with E-state index >= 15 is 0 Å². The van der Waals surface area contributed by atoms with Crippen molar-refractivity contribution in [2.45, 2.75) is 25.3 Å². The second kappa shape index (κ2) is 8.65. The summed E-state index contributed by atoms with van der Waals surface area (Å²) in [6, 6.07) is 21.8. The van der Waals surface area contributed by atoms with Gasteiger partial charge in [-0.15, -0.1) is 0 Å². The monoisotopic (exact) mass is 463 g/mol. The van der Waals surface area contributed by atoms with Crippen LogP contribution in [-0.2, 0) is 19.4 Å². The SMILES string of the molecule is COc1cc2c3c(c1OC)CCc1ccccc1C3C[N+](Cc1ccccc1)=C2.[Br-]. The Bertz CT molecular complexity index is 1090. The van der Waals surface area contributed by atoms with Gasteiger partial charge in [0.1, 0.15) is 0 Å². The van der Waals surface area contributed by atoms with Crippen LogP contribution >= 0.6 is 0 Å². The lowest BCUT2D eigenvalue weighted by Crippen LogP contribution is -3.00. The fraction of sp³-hybridized carbons (Fsp3) is 0.269. The molecule has 3 nitrogen and oxygen atoms in total. The lowest BCUT2D eigenvalue weighted by molar-refractivity contribution is -0.542. The van der Waals surface area contributed by atoms with E-state index < -0.39 is 0 Å². The molecule has 0 amide bonds. The maximum atomic E-state index is 5.83. The Balaban J connectivity index is 0.00000218. The molecule has 1 atom stereocenters. The highest BCUT2D eigenvalue weighted by atomic mass is 79.9. The van der Waals surface area contributed by atoms with Crippen LogP contribution in [0.2, 0.25) is 0 Å². The van der Waals surface area contributed by atoms with Crippen molar-refractivity contribution < 1.29 is 31.0 Å². The fourth-order valence-electron chi connectivity index (χ4n) is 4.99. The Hall–Kier alpha value is -2.59. The van der Waals surface area contributed by atoms with Crippen molar-refractivity contribution in [1.82, 2.24) is 0 Å². The molecule has 0 radical (unpaired) electrons. The van der Waals surface area contributed by atoms with Gasteiger partial charge in [0.05, 0.1) is 20.1 Å². The molecule has 1 aliphatic heterocycles. The van der Waals surface area contributed by atoms with Gasteiger partial charge < -0.3 is 26.5 Å². The first-order chi connectivity index (χ1) is 14.3. The predicted octanol–water partition coefficient (Wildman–Crippen LogP) is 1.58. The Labute approximate surface area is 188 Å². The summed E-state index contributed by atoms with van der Waals surface area (Å²) in [5.74, 6) is 2.06. The van der Waals surface area contributed by atoms with E-state index in [4.69, 9.17) is 9.47 Å². The minimum atomic E-state index is 0. The topological polar surface area (TPSA) is 21.5 Å². The molecule has 0 fully saturated rings. The fourth-order valence-corrected chi connectivity index (χ4v) is 4.99. The average molecular weight is 464 g/mol. The molecule has 1 unspecified atom stereocenters.